The lowest BCUT2D eigenvalue weighted by Gasteiger charge is -2.21. The van der Waals surface area contributed by atoms with Crippen LogP contribution in [0.3, 0.4) is 0 Å². The molecule has 8 aliphatic rings. The number of esters is 3. The van der Waals surface area contributed by atoms with Gasteiger partial charge in [-0.05, 0) is 169 Å². The molecule has 0 spiro atoms. The van der Waals surface area contributed by atoms with E-state index in [1.165, 1.54) is 64.6 Å². The third kappa shape index (κ3) is 15.5. The third-order valence-electron chi connectivity index (χ3n) is 18.8. The predicted octanol–water partition coefficient (Wildman–Crippen LogP) is 9.18. The Morgan fingerprint density at radius 2 is 0.811 bits per heavy atom. The van der Waals surface area contributed by atoms with Crippen molar-refractivity contribution in [1.82, 2.24) is 19.6 Å². The molecule has 8 unspecified atom stereocenters. The van der Waals surface area contributed by atoms with E-state index < -0.39 is 23.7 Å². The van der Waals surface area contributed by atoms with Crippen molar-refractivity contribution in [3.8, 4) is 30.3 Å². The highest BCUT2D eigenvalue weighted by Gasteiger charge is 2.48. The maximum absolute atomic E-state index is 12.8. The Morgan fingerprint density at radius 3 is 1.17 bits per heavy atom. The number of hydrogen-bond donors (Lipinski definition) is 2. The number of aromatic nitrogens is 4. The van der Waals surface area contributed by atoms with E-state index in [0.717, 1.165) is 151 Å². The number of piperidine rings is 4. The first-order valence-corrected chi connectivity index (χ1v) is 31.6. The number of nitriles is 5. The number of nitrogens with zero attached hydrogens (tertiary/aromatic N) is 13. The molecule has 8 atom stereocenters. The van der Waals surface area contributed by atoms with Gasteiger partial charge in [-0.25, -0.2) is 23.6 Å². The van der Waals surface area contributed by atoms with Crippen molar-refractivity contribution in [3.05, 3.63) is 188 Å². The number of benzene rings is 5. The van der Waals surface area contributed by atoms with Crippen molar-refractivity contribution in [2.45, 2.75) is 52.3 Å². The Morgan fingerprint density at radius 1 is 0.474 bits per heavy atom. The fourth-order valence-corrected chi connectivity index (χ4v) is 13.2. The van der Waals surface area contributed by atoms with Crippen molar-refractivity contribution >= 4 is 46.6 Å². The van der Waals surface area contributed by atoms with Crippen molar-refractivity contribution in [1.29, 1.82) is 26.3 Å². The molecule has 4 aliphatic carbocycles. The highest BCUT2D eigenvalue weighted by Crippen LogP contribution is 2.49. The number of hydrogen-bond acceptors (Lipinski definition) is 19. The van der Waals surface area contributed by atoms with Crippen LogP contribution in [0.15, 0.2) is 116 Å². The first-order chi connectivity index (χ1) is 46.0. The number of carboxylic acid groups (broad SMARTS) is 1. The van der Waals surface area contributed by atoms with Gasteiger partial charge in [-0.2, -0.15) is 36.5 Å². The average Bonchev–Trinajstić information content (AvgIpc) is 1.64. The van der Waals surface area contributed by atoms with Crippen LogP contribution in [-0.2, 0) is 33.9 Å². The van der Waals surface area contributed by atoms with E-state index in [0.29, 0.717) is 53.1 Å². The standard InChI is InChI=1S/C19H20N4O2.C17H16N4O2.C14H14N2O2.C13H14N2O.C9H6FNO2/c1-2-25-19(24)17-8-21-23(12-17)9-13-3-4-18(14(5-13)7-20)22-10-15-6-16(15)11-22;18-5-12-3-11(7-21-10-15(6-19-21)17(22)23)1-2-16(12)20-8-13-4-14(13)9-20;1-18-14(17)9-2-3-13(10(4-9)6-15)16-7-11-5-12(11)8-16;14-5-10-3-9(8-16)1-2-13(10)15-6-11-4-12(11)7-15;1-13-9(12)6-2-3-8(10)7(4-6)5-11/h3-5,8,12,15-16H,2,6,9-11H2,1H3;1-3,6,10,13-14H,4,7-9H2,(H,22,23);2-4,11-12H,5,7-8H2,1H3;1-3,11-12,16H,4,6-8H2;2-4H,1H3. The van der Waals surface area contributed by atoms with Gasteiger partial charge in [0.2, 0.25) is 0 Å². The summed E-state index contributed by atoms with van der Waals surface area (Å²) in [4.78, 5) is 54.1. The van der Waals surface area contributed by atoms with Gasteiger partial charge in [0.15, 0.2) is 0 Å². The normalized spacial score (nSPS) is 21.1. The molecule has 6 heterocycles. The van der Waals surface area contributed by atoms with E-state index in [1.54, 1.807) is 46.8 Å². The molecule has 5 aromatic carbocycles. The molecular formula is C72H70FN13O9. The maximum atomic E-state index is 12.8. The minimum absolute atomic E-state index is 0.000208. The molecule has 0 bridgehead atoms. The molecule has 7 aromatic rings. The van der Waals surface area contributed by atoms with E-state index in [-0.39, 0.29) is 29.3 Å². The minimum atomic E-state index is -0.989. The van der Waals surface area contributed by atoms with Gasteiger partial charge in [0, 0.05) is 64.8 Å². The SMILES string of the molecule is CCOC(=O)c1cnn(Cc2ccc(N3CC4CC4C3)c(C#N)c2)c1.COC(=O)c1ccc(F)c(C#N)c1.COC(=O)c1ccc(N2CC3CC3C2)c(C#N)c1.N#Cc1cc(CO)ccc1N1CC2CC2C1.N#Cc1cc(Cn2cc(C(=O)O)cn2)ccc1N1CC2CC2C1. The van der Waals surface area contributed by atoms with Crippen LogP contribution >= 0.6 is 0 Å². The Hall–Kier alpha value is -11.1. The predicted molar refractivity (Wildman–Crippen MR) is 345 cm³/mol. The molecule has 8 fully saturated rings. The summed E-state index contributed by atoms with van der Waals surface area (Å²) in [6, 6.07) is 36.8. The topological polar surface area (TPSA) is 304 Å². The fourth-order valence-electron chi connectivity index (χ4n) is 13.2. The van der Waals surface area contributed by atoms with Crippen molar-refractivity contribution in [2.24, 2.45) is 47.3 Å². The quantitative estimate of drug-likeness (QED) is 0.0757. The van der Waals surface area contributed by atoms with Crippen molar-refractivity contribution in [2.75, 3.05) is 92.8 Å². The van der Waals surface area contributed by atoms with Gasteiger partial charge in [-0.1, -0.05) is 18.2 Å². The van der Waals surface area contributed by atoms with Gasteiger partial charge in [-0.15, -0.1) is 0 Å². The second kappa shape index (κ2) is 28.8. The Kier molecular flexibility index (Phi) is 19.9. The first kappa shape index (κ1) is 65.4. The minimum Gasteiger partial charge on any atom is -0.478 e. The Bertz CT molecular complexity index is 4260. The molecule has 4 saturated carbocycles. The van der Waals surface area contributed by atoms with Crippen LogP contribution in [0, 0.1) is 110 Å². The number of anilines is 4. The van der Waals surface area contributed by atoms with Crippen LogP contribution < -0.4 is 19.6 Å². The molecule has 2 N–H and O–H groups in total. The third-order valence-corrected chi connectivity index (χ3v) is 18.8. The summed E-state index contributed by atoms with van der Waals surface area (Å²) in [5.41, 5.74) is 10.4. The Labute approximate surface area is 549 Å². The number of halogens is 1. The molecule has 4 aliphatic heterocycles. The molecular weight excluding hydrogens is 1210 g/mol. The molecule has 0 radical (unpaired) electrons. The molecule has 23 heteroatoms. The summed E-state index contributed by atoms with van der Waals surface area (Å²) in [7, 11) is 2.56. The summed E-state index contributed by atoms with van der Waals surface area (Å²) in [6.45, 7) is 11.6. The number of rotatable bonds is 14. The lowest BCUT2D eigenvalue weighted by atomic mass is 10.1. The van der Waals surface area contributed by atoms with Gasteiger partial charge in [0.25, 0.3) is 0 Å². The summed E-state index contributed by atoms with van der Waals surface area (Å²) in [5.74, 6) is 3.68. The number of ether oxygens (including phenoxy) is 3. The summed E-state index contributed by atoms with van der Waals surface area (Å²) < 4.78 is 30.1. The van der Waals surface area contributed by atoms with Gasteiger partial charge >= 0.3 is 23.9 Å². The van der Waals surface area contributed by atoms with Gasteiger partial charge < -0.3 is 44.0 Å². The molecule has 15 rings (SSSR count). The summed E-state index contributed by atoms with van der Waals surface area (Å²) in [5, 5.41) is 72.0. The second-order valence-electron chi connectivity index (χ2n) is 25.2. The molecule has 22 nitrogen and oxygen atoms in total. The molecule has 0 amide bonds. The van der Waals surface area contributed by atoms with Gasteiger partial charge in [0.1, 0.15) is 36.2 Å². The number of carbonyl (C=O) groups excluding carboxylic acids is 3. The zero-order chi connectivity index (χ0) is 67.0. The zero-order valence-electron chi connectivity index (χ0n) is 52.8. The van der Waals surface area contributed by atoms with E-state index in [4.69, 9.17) is 25.5 Å². The van der Waals surface area contributed by atoms with Crippen LogP contribution in [0.4, 0.5) is 27.1 Å². The number of aliphatic hydroxyl groups excluding tert-OH is 1. The van der Waals surface area contributed by atoms with E-state index in [1.807, 2.05) is 54.6 Å². The molecule has 2 aromatic heterocycles. The molecule has 484 valence electrons. The van der Waals surface area contributed by atoms with Gasteiger partial charge in [0.05, 0.1) is 126 Å². The van der Waals surface area contributed by atoms with Crippen LogP contribution in [0.2, 0.25) is 0 Å². The molecule has 95 heavy (non-hydrogen) atoms. The number of carbonyl (C=O) groups is 4. The number of carboxylic acids is 1. The lowest BCUT2D eigenvalue weighted by molar-refractivity contribution is 0.0524. The largest absolute Gasteiger partial charge is 0.478 e. The smallest absolute Gasteiger partial charge is 0.341 e. The fraction of sp³-hybridized carbons (Fsp3) is 0.375. The number of fused-ring (bicyclic) bond motifs is 4. The first-order valence-electron chi connectivity index (χ1n) is 31.6. The molecule has 4 saturated heterocycles. The van der Waals surface area contributed by atoms with E-state index in [2.05, 4.69) is 63.5 Å². The van der Waals surface area contributed by atoms with Crippen LogP contribution in [-0.4, -0.2) is 127 Å². The monoisotopic (exact) mass is 1280 g/mol. The summed E-state index contributed by atoms with van der Waals surface area (Å²) in [6.07, 6.45) is 11.4. The Balaban J connectivity index is 0.000000123. The van der Waals surface area contributed by atoms with Crippen molar-refractivity contribution < 1.29 is 48.0 Å². The number of methoxy groups -OCH3 is 2. The average molecular weight is 1280 g/mol. The highest BCUT2D eigenvalue weighted by molar-refractivity contribution is 5.91. The number of aliphatic hydroxyl groups is 1. The van der Waals surface area contributed by atoms with Crippen LogP contribution in [0.1, 0.15) is 119 Å². The maximum Gasteiger partial charge on any atom is 0.341 e. The number of aromatic carboxylic acids is 1. The highest BCUT2D eigenvalue weighted by atomic mass is 19.1. The van der Waals surface area contributed by atoms with Crippen molar-refractivity contribution in [3.63, 3.8) is 0 Å². The van der Waals surface area contributed by atoms with Crippen LogP contribution in [0.5, 0.6) is 0 Å². The zero-order valence-corrected chi connectivity index (χ0v) is 52.8. The van der Waals surface area contributed by atoms with E-state index >= 15 is 0 Å². The second-order valence-corrected chi connectivity index (χ2v) is 25.2. The summed E-state index contributed by atoms with van der Waals surface area (Å²) >= 11 is 0. The van der Waals surface area contributed by atoms with Gasteiger partial charge in [-0.3, -0.25) is 9.36 Å². The van der Waals surface area contributed by atoms with Crippen LogP contribution in [0.25, 0.3) is 0 Å². The lowest BCUT2D eigenvalue weighted by Crippen LogP contribution is -2.22. The van der Waals surface area contributed by atoms with E-state index in [9.17, 15) is 39.4 Å².